The molecule has 136 valence electrons. The zero-order valence-corrected chi connectivity index (χ0v) is 15.2. The lowest BCUT2D eigenvalue weighted by molar-refractivity contribution is 0.0600. The number of para-hydroxylation sites is 1. The summed E-state index contributed by atoms with van der Waals surface area (Å²) in [6.07, 6.45) is 0. The topological polar surface area (TPSA) is 64.6 Å². The van der Waals surface area contributed by atoms with Crippen molar-refractivity contribution in [2.24, 2.45) is 0 Å². The van der Waals surface area contributed by atoms with E-state index >= 15 is 0 Å². The van der Waals surface area contributed by atoms with Gasteiger partial charge in [0.2, 0.25) is 0 Å². The Bertz CT molecular complexity index is 956. The first-order valence-corrected chi connectivity index (χ1v) is 8.47. The van der Waals surface area contributed by atoms with Crippen LogP contribution in [0.5, 0.6) is 11.5 Å². The fraction of sp³-hybridized carbons (Fsp3) is 0.0476. The van der Waals surface area contributed by atoms with Gasteiger partial charge in [-0.3, -0.25) is 4.79 Å². The summed E-state index contributed by atoms with van der Waals surface area (Å²) in [5, 5.41) is 3.25. The van der Waals surface area contributed by atoms with Crippen LogP contribution in [0, 0.1) is 0 Å². The van der Waals surface area contributed by atoms with Gasteiger partial charge in [0.05, 0.1) is 18.4 Å². The molecule has 3 rings (SSSR count). The van der Waals surface area contributed by atoms with E-state index in [1.807, 2.05) is 30.3 Å². The Morgan fingerprint density at radius 1 is 0.889 bits per heavy atom. The zero-order valence-electron chi connectivity index (χ0n) is 14.4. The van der Waals surface area contributed by atoms with Gasteiger partial charge in [0.1, 0.15) is 5.75 Å². The van der Waals surface area contributed by atoms with Crippen molar-refractivity contribution in [3.63, 3.8) is 0 Å². The second kappa shape index (κ2) is 8.38. The zero-order chi connectivity index (χ0) is 19.2. The molecule has 27 heavy (non-hydrogen) atoms. The Labute approximate surface area is 161 Å². The lowest BCUT2D eigenvalue weighted by Gasteiger charge is -2.13. The van der Waals surface area contributed by atoms with E-state index in [9.17, 15) is 9.59 Å². The molecule has 0 aliphatic carbocycles. The van der Waals surface area contributed by atoms with Crippen LogP contribution in [0.15, 0.2) is 72.8 Å². The summed E-state index contributed by atoms with van der Waals surface area (Å²) in [7, 11) is 1.30. The minimum atomic E-state index is -0.463. The van der Waals surface area contributed by atoms with Gasteiger partial charge >= 0.3 is 5.97 Å². The number of hydrogen-bond donors (Lipinski definition) is 1. The number of ether oxygens (including phenoxy) is 2. The Kier molecular flexibility index (Phi) is 5.74. The van der Waals surface area contributed by atoms with Gasteiger partial charge < -0.3 is 14.8 Å². The molecule has 0 radical (unpaired) electrons. The SMILES string of the molecule is COC(=O)c1ccc(C(=O)Nc2cc(Cl)ccc2Oc2ccccc2)cc1. The van der Waals surface area contributed by atoms with Gasteiger partial charge in [0.25, 0.3) is 5.91 Å². The minimum absolute atomic E-state index is 0.355. The predicted molar refractivity (Wildman–Crippen MR) is 104 cm³/mol. The van der Waals surface area contributed by atoms with Crippen LogP contribution >= 0.6 is 11.6 Å². The van der Waals surface area contributed by atoms with Crippen molar-refractivity contribution >= 4 is 29.2 Å². The molecular formula is C21H16ClNO4. The van der Waals surface area contributed by atoms with Crippen molar-refractivity contribution in [3.05, 3.63) is 88.9 Å². The van der Waals surface area contributed by atoms with Crippen LogP contribution in [0.25, 0.3) is 0 Å². The Morgan fingerprint density at radius 3 is 2.22 bits per heavy atom. The second-order valence-electron chi connectivity index (χ2n) is 5.58. The van der Waals surface area contributed by atoms with Gasteiger partial charge in [-0.1, -0.05) is 29.8 Å². The number of esters is 1. The number of benzene rings is 3. The molecule has 0 fully saturated rings. The first-order valence-electron chi connectivity index (χ1n) is 8.09. The molecular weight excluding hydrogens is 366 g/mol. The minimum Gasteiger partial charge on any atom is -0.465 e. The van der Waals surface area contributed by atoms with Crippen LogP contribution in [-0.2, 0) is 4.74 Å². The van der Waals surface area contributed by atoms with Gasteiger partial charge in [-0.05, 0) is 54.6 Å². The van der Waals surface area contributed by atoms with Gasteiger partial charge in [0, 0.05) is 10.6 Å². The molecule has 3 aromatic carbocycles. The highest BCUT2D eigenvalue weighted by atomic mass is 35.5. The number of methoxy groups -OCH3 is 1. The van der Waals surface area contributed by atoms with E-state index < -0.39 is 5.97 Å². The van der Waals surface area contributed by atoms with E-state index in [-0.39, 0.29) is 5.91 Å². The van der Waals surface area contributed by atoms with E-state index in [1.54, 1.807) is 30.3 Å². The van der Waals surface area contributed by atoms with Crippen molar-refractivity contribution in [1.82, 2.24) is 0 Å². The summed E-state index contributed by atoms with van der Waals surface area (Å²) in [5.41, 5.74) is 1.19. The van der Waals surface area contributed by atoms with Gasteiger partial charge in [0.15, 0.2) is 5.75 Å². The quantitative estimate of drug-likeness (QED) is 0.619. The largest absolute Gasteiger partial charge is 0.465 e. The molecule has 0 heterocycles. The van der Waals surface area contributed by atoms with E-state index in [2.05, 4.69) is 10.1 Å². The molecule has 3 aromatic rings. The molecule has 0 saturated carbocycles. The third-order valence-corrected chi connectivity index (χ3v) is 3.96. The maximum absolute atomic E-state index is 12.6. The summed E-state index contributed by atoms with van der Waals surface area (Å²) < 4.78 is 10.5. The molecule has 0 unspecified atom stereocenters. The molecule has 0 aliphatic rings. The Morgan fingerprint density at radius 2 is 1.56 bits per heavy atom. The molecule has 1 N–H and O–H groups in total. The number of amides is 1. The van der Waals surface area contributed by atoms with Crippen molar-refractivity contribution in [3.8, 4) is 11.5 Å². The van der Waals surface area contributed by atoms with Gasteiger partial charge in [-0.15, -0.1) is 0 Å². The van der Waals surface area contributed by atoms with Crippen molar-refractivity contribution in [1.29, 1.82) is 0 Å². The molecule has 5 nitrogen and oxygen atoms in total. The van der Waals surface area contributed by atoms with Crippen LogP contribution in [-0.4, -0.2) is 19.0 Å². The second-order valence-corrected chi connectivity index (χ2v) is 6.02. The highest BCUT2D eigenvalue weighted by Gasteiger charge is 2.13. The summed E-state index contributed by atoms with van der Waals surface area (Å²) in [6.45, 7) is 0. The molecule has 0 spiro atoms. The molecule has 0 aliphatic heterocycles. The summed E-state index contributed by atoms with van der Waals surface area (Å²) in [6, 6.07) is 20.3. The number of anilines is 1. The summed E-state index contributed by atoms with van der Waals surface area (Å²) in [5.74, 6) is 0.282. The van der Waals surface area contributed by atoms with E-state index in [0.717, 1.165) is 0 Å². The maximum Gasteiger partial charge on any atom is 0.337 e. The van der Waals surface area contributed by atoms with Crippen molar-refractivity contribution < 1.29 is 19.1 Å². The molecule has 6 heteroatoms. The fourth-order valence-corrected chi connectivity index (χ4v) is 2.55. The number of carbonyl (C=O) groups is 2. The van der Waals surface area contributed by atoms with Crippen LogP contribution in [0.4, 0.5) is 5.69 Å². The van der Waals surface area contributed by atoms with E-state index in [0.29, 0.717) is 33.3 Å². The highest BCUT2D eigenvalue weighted by molar-refractivity contribution is 6.31. The Hall–Kier alpha value is -3.31. The molecule has 1 amide bonds. The summed E-state index contributed by atoms with van der Waals surface area (Å²) in [4.78, 5) is 24.0. The first kappa shape index (κ1) is 18.5. The lowest BCUT2D eigenvalue weighted by atomic mass is 10.1. The third-order valence-electron chi connectivity index (χ3n) is 3.73. The Balaban J connectivity index is 1.81. The average molecular weight is 382 g/mol. The summed E-state index contributed by atoms with van der Waals surface area (Å²) >= 11 is 6.06. The van der Waals surface area contributed by atoms with Crippen molar-refractivity contribution in [2.75, 3.05) is 12.4 Å². The number of rotatable bonds is 5. The average Bonchev–Trinajstić information content (AvgIpc) is 2.70. The number of hydrogen-bond acceptors (Lipinski definition) is 4. The smallest absolute Gasteiger partial charge is 0.337 e. The molecule has 0 atom stereocenters. The van der Waals surface area contributed by atoms with Gasteiger partial charge in [-0.25, -0.2) is 4.79 Å². The van der Waals surface area contributed by atoms with Gasteiger partial charge in [-0.2, -0.15) is 0 Å². The van der Waals surface area contributed by atoms with Crippen LogP contribution in [0.2, 0.25) is 5.02 Å². The number of halogens is 1. The van der Waals surface area contributed by atoms with Crippen LogP contribution in [0.3, 0.4) is 0 Å². The predicted octanol–water partition coefficient (Wildman–Crippen LogP) is 5.17. The van der Waals surface area contributed by atoms with Crippen molar-refractivity contribution in [2.45, 2.75) is 0 Å². The van der Waals surface area contributed by atoms with Crippen LogP contribution < -0.4 is 10.1 Å². The standard InChI is InChI=1S/C21H16ClNO4/c1-26-21(25)15-9-7-14(8-10-15)20(24)23-18-13-16(22)11-12-19(18)27-17-5-3-2-4-6-17/h2-13H,1H3,(H,23,24). The van der Waals surface area contributed by atoms with E-state index in [4.69, 9.17) is 16.3 Å². The third kappa shape index (κ3) is 4.65. The fourth-order valence-electron chi connectivity index (χ4n) is 2.37. The molecule has 0 aromatic heterocycles. The monoisotopic (exact) mass is 381 g/mol. The van der Waals surface area contributed by atoms with Crippen LogP contribution in [0.1, 0.15) is 20.7 Å². The maximum atomic E-state index is 12.6. The number of nitrogens with one attached hydrogen (secondary N) is 1. The molecule has 0 bridgehead atoms. The number of carbonyl (C=O) groups excluding carboxylic acids is 2. The highest BCUT2D eigenvalue weighted by Crippen LogP contribution is 2.32. The molecule has 0 saturated heterocycles. The lowest BCUT2D eigenvalue weighted by Crippen LogP contribution is -2.13. The van der Waals surface area contributed by atoms with E-state index in [1.165, 1.54) is 19.2 Å². The normalized spacial score (nSPS) is 10.1. The first-order chi connectivity index (χ1) is 13.1.